The van der Waals surface area contributed by atoms with Crippen LogP contribution >= 0.6 is 19.1 Å². The minimum absolute atomic E-state index is 0.0389. The van der Waals surface area contributed by atoms with E-state index in [9.17, 15) is 4.57 Å². The maximum Gasteiger partial charge on any atom is 0.287 e. The average molecular weight is 260 g/mol. The zero-order chi connectivity index (χ0) is 11.8. The van der Waals surface area contributed by atoms with Gasteiger partial charge in [-0.3, -0.25) is 4.57 Å². The SMILES string of the molecule is C[C@H]1[C@@H](c2ccccc2)O[P@](=O)(CCl)N1C. The summed E-state index contributed by atoms with van der Waals surface area (Å²) < 4.78 is 19.7. The second-order valence-electron chi connectivity index (χ2n) is 4.01. The van der Waals surface area contributed by atoms with Crippen molar-refractivity contribution in [2.45, 2.75) is 19.1 Å². The predicted molar refractivity (Wildman–Crippen MR) is 65.8 cm³/mol. The van der Waals surface area contributed by atoms with Gasteiger partial charge in [-0.25, -0.2) is 4.67 Å². The van der Waals surface area contributed by atoms with E-state index in [0.717, 1.165) is 5.56 Å². The van der Waals surface area contributed by atoms with Crippen molar-refractivity contribution in [2.75, 3.05) is 12.7 Å². The smallest absolute Gasteiger partial charge is 0.287 e. The Kier molecular flexibility index (Phi) is 3.41. The van der Waals surface area contributed by atoms with E-state index in [-0.39, 0.29) is 17.8 Å². The zero-order valence-electron chi connectivity index (χ0n) is 9.34. The first-order valence-electron chi connectivity index (χ1n) is 5.20. The van der Waals surface area contributed by atoms with Crippen LogP contribution in [0.1, 0.15) is 18.6 Å². The number of alkyl halides is 1. The molecule has 0 radical (unpaired) electrons. The first kappa shape index (κ1) is 12.1. The number of rotatable bonds is 2. The molecule has 1 aromatic rings. The maximum absolute atomic E-state index is 12.3. The molecule has 0 bridgehead atoms. The number of nitrogens with zero attached hydrogens (tertiary/aromatic N) is 1. The predicted octanol–water partition coefficient (Wildman–Crippen LogP) is 3.47. The Bertz CT molecular complexity index is 412. The Labute approximate surface area is 101 Å². The third-order valence-electron chi connectivity index (χ3n) is 3.07. The molecule has 1 aliphatic heterocycles. The molecule has 1 heterocycles. The van der Waals surface area contributed by atoms with E-state index in [4.69, 9.17) is 16.1 Å². The second-order valence-corrected chi connectivity index (χ2v) is 7.08. The summed E-state index contributed by atoms with van der Waals surface area (Å²) in [6, 6.07) is 9.91. The minimum Gasteiger partial charge on any atom is -0.307 e. The first-order chi connectivity index (χ1) is 7.58. The van der Waals surface area contributed by atoms with E-state index in [2.05, 4.69) is 0 Å². The topological polar surface area (TPSA) is 29.5 Å². The van der Waals surface area contributed by atoms with Gasteiger partial charge in [0, 0.05) is 6.04 Å². The highest BCUT2D eigenvalue weighted by Gasteiger charge is 2.45. The molecule has 1 aromatic carbocycles. The van der Waals surface area contributed by atoms with Gasteiger partial charge in [-0.1, -0.05) is 30.3 Å². The quantitative estimate of drug-likeness (QED) is 0.602. The monoisotopic (exact) mass is 259 g/mol. The molecule has 0 saturated carbocycles. The summed E-state index contributed by atoms with van der Waals surface area (Å²) >= 11 is 5.73. The molecule has 0 N–H and O–H groups in total. The van der Waals surface area contributed by atoms with Gasteiger partial charge in [0.2, 0.25) is 0 Å². The van der Waals surface area contributed by atoms with Crippen molar-refractivity contribution in [3.05, 3.63) is 35.9 Å². The highest BCUT2D eigenvalue weighted by molar-refractivity contribution is 7.58. The van der Waals surface area contributed by atoms with Crippen LogP contribution in [0.2, 0.25) is 0 Å². The molecule has 1 aliphatic rings. The third kappa shape index (κ3) is 1.93. The lowest BCUT2D eigenvalue weighted by molar-refractivity contribution is 0.211. The molecule has 3 atom stereocenters. The number of likely N-dealkylation sites (N-methyl/N-ethyl adjacent to an activating group) is 1. The number of hydrogen-bond acceptors (Lipinski definition) is 2. The van der Waals surface area contributed by atoms with Gasteiger partial charge in [0.05, 0.1) is 0 Å². The summed E-state index contributed by atoms with van der Waals surface area (Å²) in [5, 5.41) is 0. The molecule has 3 nitrogen and oxygen atoms in total. The summed E-state index contributed by atoms with van der Waals surface area (Å²) in [5.74, 6) is 0. The number of hydrogen-bond donors (Lipinski definition) is 0. The van der Waals surface area contributed by atoms with Gasteiger partial charge in [0.15, 0.2) is 0 Å². The van der Waals surface area contributed by atoms with Crippen LogP contribution in [0.4, 0.5) is 0 Å². The minimum atomic E-state index is -2.82. The van der Waals surface area contributed by atoms with Crippen LogP contribution < -0.4 is 0 Å². The van der Waals surface area contributed by atoms with Crippen LogP contribution in [0, 0.1) is 0 Å². The molecular weight excluding hydrogens is 245 g/mol. The Morgan fingerprint density at radius 1 is 1.44 bits per heavy atom. The van der Waals surface area contributed by atoms with Crippen molar-refractivity contribution in [3.8, 4) is 0 Å². The van der Waals surface area contributed by atoms with Crippen LogP contribution in [-0.4, -0.2) is 23.4 Å². The normalized spacial score (nSPS) is 35.4. The number of benzene rings is 1. The largest absolute Gasteiger partial charge is 0.307 e. The fraction of sp³-hybridized carbons (Fsp3) is 0.455. The summed E-state index contributed by atoms with van der Waals surface area (Å²) in [6.07, 6.45) is -0.157. The summed E-state index contributed by atoms with van der Waals surface area (Å²) in [7, 11) is -1.02. The maximum atomic E-state index is 12.3. The van der Waals surface area contributed by atoms with Gasteiger partial charge in [-0.05, 0) is 19.5 Å². The van der Waals surface area contributed by atoms with Crippen molar-refractivity contribution in [3.63, 3.8) is 0 Å². The van der Waals surface area contributed by atoms with Crippen LogP contribution in [0.15, 0.2) is 30.3 Å². The molecule has 0 spiro atoms. The molecule has 1 saturated heterocycles. The van der Waals surface area contributed by atoms with Gasteiger partial charge in [0.1, 0.15) is 11.7 Å². The van der Waals surface area contributed by atoms with Crippen molar-refractivity contribution < 1.29 is 9.09 Å². The molecular formula is C11H15ClNO2P. The lowest BCUT2D eigenvalue weighted by Gasteiger charge is -2.18. The van der Waals surface area contributed by atoms with E-state index in [0.29, 0.717) is 0 Å². The summed E-state index contributed by atoms with van der Waals surface area (Å²) in [5.41, 5.74) is 1.08. The van der Waals surface area contributed by atoms with E-state index in [1.165, 1.54) is 0 Å². The highest BCUT2D eigenvalue weighted by atomic mass is 35.5. The molecule has 2 rings (SSSR count). The van der Waals surface area contributed by atoms with Crippen molar-refractivity contribution in [1.29, 1.82) is 0 Å². The van der Waals surface area contributed by atoms with Crippen LogP contribution in [-0.2, 0) is 9.09 Å². The third-order valence-corrected chi connectivity index (χ3v) is 6.16. The van der Waals surface area contributed by atoms with Gasteiger partial charge in [-0.15, -0.1) is 11.6 Å². The zero-order valence-corrected chi connectivity index (χ0v) is 11.0. The van der Waals surface area contributed by atoms with Gasteiger partial charge >= 0.3 is 0 Å². The summed E-state index contributed by atoms with van der Waals surface area (Å²) in [6.45, 7) is 2.00. The summed E-state index contributed by atoms with van der Waals surface area (Å²) in [4.78, 5) is 0. The number of halogens is 1. The molecule has 88 valence electrons. The molecule has 1 fully saturated rings. The standard InChI is InChI=1S/C11H15ClNO2P/c1-9-11(10-6-4-3-5-7-10)15-16(14,8-12)13(9)2/h3-7,9,11H,8H2,1-2H3/t9-,11-,16+/m0/s1. The molecule has 5 heteroatoms. The first-order valence-corrected chi connectivity index (χ1v) is 7.50. The Morgan fingerprint density at radius 3 is 2.56 bits per heavy atom. The van der Waals surface area contributed by atoms with Crippen LogP contribution in [0.25, 0.3) is 0 Å². The van der Waals surface area contributed by atoms with E-state index < -0.39 is 7.52 Å². The average Bonchev–Trinajstić information content (AvgIpc) is 2.56. The fourth-order valence-electron chi connectivity index (χ4n) is 1.91. The van der Waals surface area contributed by atoms with E-state index in [1.807, 2.05) is 37.3 Å². The van der Waals surface area contributed by atoms with Crippen molar-refractivity contribution >= 4 is 19.1 Å². The van der Waals surface area contributed by atoms with E-state index in [1.54, 1.807) is 11.7 Å². The van der Waals surface area contributed by atoms with Gasteiger partial charge < -0.3 is 4.52 Å². The lowest BCUT2D eigenvalue weighted by Crippen LogP contribution is -2.23. The van der Waals surface area contributed by atoms with Crippen LogP contribution in [0.3, 0.4) is 0 Å². The van der Waals surface area contributed by atoms with Gasteiger partial charge in [-0.2, -0.15) is 0 Å². The molecule has 0 amide bonds. The Hall–Kier alpha value is -0.340. The Balaban J connectivity index is 2.30. The van der Waals surface area contributed by atoms with Gasteiger partial charge in [0.25, 0.3) is 7.52 Å². The fourth-order valence-corrected chi connectivity index (χ4v) is 4.29. The molecule has 0 unspecified atom stereocenters. The Morgan fingerprint density at radius 2 is 2.06 bits per heavy atom. The second kappa shape index (κ2) is 4.50. The lowest BCUT2D eigenvalue weighted by atomic mass is 10.0. The van der Waals surface area contributed by atoms with Crippen molar-refractivity contribution in [1.82, 2.24) is 4.67 Å². The molecule has 0 aliphatic carbocycles. The molecule has 0 aromatic heterocycles. The molecule has 16 heavy (non-hydrogen) atoms. The highest BCUT2D eigenvalue weighted by Crippen LogP contribution is 2.62. The van der Waals surface area contributed by atoms with Crippen LogP contribution in [0.5, 0.6) is 0 Å². The van der Waals surface area contributed by atoms with Crippen molar-refractivity contribution in [2.24, 2.45) is 0 Å². The van der Waals surface area contributed by atoms with E-state index >= 15 is 0 Å².